The second kappa shape index (κ2) is 16.0. The van der Waals surface area contributed by atoms with E-state index < -0.39 is 0 Å². The molecular formula is C18H38O. The number of aliphatic hydroxyl groups excluding tert-OH is 1. The SMILES string of the molecule is CCCCCCCCC[C@@H](O)CCCCCCCC. The van der Waals surface area contributed by atoms with Gasteiger partial charge in [0.25, 0.3) is 0 Å². The van der Waals surface area contributed by atoms with E-state index in [9.17, 15) is 5.11 Å². The molecule has 116 valence electrons. The number of hydrogen-bond donors (Lipinski definition) is 1. The smallest absolute Gasteiger partial charge is 0.0540 e. The molecule has 0 aliphatic carbocycles. The van der Waals surface area contributed by atoms with E-state index in [1.54, 1.807) is 0 Å². The van der Waals surface area contributed by atoms with Crippen molar-refractivity contribution in [2.24, 2.45) is 0 Å². The van der Waals surface area contributed by atoms with Crippen LogP contribution in [0.3, 0.4) is 0 Å². The predicted molar refractivity (Wildman–Crippen MR) is 86.6 cm³/mol. The van der Waals surface area contributed by atoms with Crippen LogP contribution < -0.4 is 0 Å². The molecule has 0 amide bonds. The van der Waals surface area contributed by atoms with Crippen LogP contribution in [0.4, 0.5) is 0 Å². The quantitative estimate of drug-likeness (QED) is 0.349. The van der Waals surface area contributed by atoms with Crippen molar-refractivity contribution in [3.8, 4) is 0 Å². The summed E-state index contributed by atoms with van der Waals surface area (Å²) in [4.78, 5) is 0. The zero-order valence-electron chi connectivity index (χ0n) is 13.6. The monoisotopic (exact) mass is 270 g/mol. The zero-order chi connectivity index (χ0) is 14.2. The molecule has 0 spiro atoms. The lowest BCUT2D eigenvalue weighted by Crippen LogP contribution is -2.05. The molecule has 1 heteroatoms. The highest BCUT2D eigenvalue weighted by Gasteiger charge is 2.03. The predicted octanol–water partition coefficient (Wildman–Crippen LogP) is 6.24. The minimum atomic E-state index is -0.0261. The normalized spacial score (nSPS) is 12.8. The van der Waals surface area contributed by atoms with Crippen LogP contribution in [0.15, 0.2) is 0 Å². The van der Waals surface area contributed by atoms with Crippen molar-refractivity contribution >= 4 is 0 Å². The van der Waals surface area contributed by atoms with Crippen LogP contribution in [-0.2, 0) is 0 Å². The molecule has 0 saturated heterocycles. The van der Waals surface area contributed by atoms with Gasteiger partial charge in [-0.25, -0.2) is 0 Å². The van der Waals surface area contributed by atoms with Crippen LogP contribution in [0, 0.1) is 0 Å². The van der Waals surface area contributed by atoms with Gasteiger partial charge in [-0.15, -0.1) is 0 Å². The molecule has 0 aromatic carbocycles. The maximum Gasteiger partial charge on any atom is 0.0540 e. The van der Waals surface area contributed by atoms with Crippen LogP contribution in [0.5, 0.6) is 0 Å². The topological polar surface area (TPSA) is 20.2 Å². The Hall–Kier alpha value is -0.0400. The molecule has 0 aliphatic rings. The number of unbranched alkanes of at least 4 members (excludes halogenated alkanes) is 11. The van der Waals surface area contributed by atoms with Gasteiger partial charge < -0.3 is 5.11 Å². The van der Waals surface area contributed by atoms with Gasteiger partial charge >= 0.3 is 0 Å². The largest absolute Gasteiger partial charge is 0.393 e. The maximum atomic E-state index is 9.89. The third kappa shape index (κ3) is 15.9. The first-order valence-corrected chi connectivity index (χ1v) is 8.99. The van der Waals surface area contributed by atoms with Crippen LogP contribution in [0.2, 0.25) is 0 Å². The Morgan fingerprint density at radius 3 is 1.21 bits per heavy atom. The average molecular weight is 271 g/mol. The first kappa shape index (κ1) is 19.0. The van der Waals surface area contributed by atoms with Crippen molar-refractivity contribution in [3.05, 3.63) is 0 Å². The van der Waals surface area contributed by atoms with E-state index in [0.717, 1.165) is 12.8 Å². The van der Waals surface area contributed by atoms with Crippen LogP contribution in [-0.4, -0.2) is 11.2 Å². The molecule has 0 aromatic heterocycles. The summed E-state index contributed by atoms with van der Waals surface area (Å²) in [5.74, 6) is 0. The molecule has 0 fully saturated rings. The molecule has 0 bridgehead atoms. The molecule has 1 atom stereocenters. The van der Waals surface area contributed by atoms with Gasteiger partial charge in [0, 0.05) is 0 Å². The highest BCUT2D eigenvalue weighted by molar-refractivity contribution is 4.57. The van der Waals surface area contributed by atoms with Gasteiger partial charge in [0.1, 0.15) is 0 Å². The van der Waals surface area contributed by atoms with E-state index in [1.807, 2.05) is 0 Å². The van der Waals surface area contributed by atoms with E-state index in [-0.39, 0.29) is 6.10 Å². The summed E-state index contributed by atoms with van der Waals surface area (Å²) in [5.41, 5.74) is 0. The number of hydrogen-bond acceptors (Lipinski definition) is 1. The van der Waals surface area contributed by atoms with E-state index in [1.165, 1.54) is 83.5 Å². The molecule has 0 heterocycles. The van der Waals surface area contributed by atoms with Crippen molar-refractivity contribution in [3.63, 3.8) is 0 Å². The Morgan fingerprint density at radius 1 is 0.526 bits per heavy atom. The molecule has 1 nitrogen and oxygen atoms in total. The Morgan fingerprint density at radius 2 is 0.842 bits per heavy atom. The summed E-state index contributed by atoms with van der Waals surface area (Å²) < 4.78 is 0. The third-order valence-electron chi connectivity index (χ3n) is 4.03. The molecule has 0 radical (unpaired) electrons. The lowest BCUT2D eigenvalue weighted by Gasteiger charge is -2.10. The number of rotatable bonds is 15. The Labute approximate surface area is 122 Å². The van der Waals surface area contributed by atoms with Crippen LogP contribution >= 0.6 is 0 Å². The van der Waals surface area contributed by atoms with Crippen molar-refractivity contribution in [2.45, 2.75) is 116 Å². The van der Waals surface area contributed by atoms with Gasteiger partial charge in [-0.05, 0) is 12.8 Å². The summed E-state index contributed by atoms with van der Waals surface area (Å²) in [7, 11) is 0. The highest BCUT2D eigenvalue weighted by Crippen LogP contribution is 2.14. The van der Waals surface area contributed by atoms with Gasteiger partial charge in [-0.3, -0.25) is 0 Å². The fourth-order valence-electron chi connectivity index (χ4n) is 2.64. The first-order valence-electron chi connectivity index (χ1n) is 8.99. The fourth-order valence-corrected chi connectivity index (χ4v) is 2.64. The average Bonchev–Trinajstić information content (AvgIpc) is 2.41. The lowest BCUT2D eigenvalue weighted by molar-refractivity contribution is 0.147. The van der Waals surface area contributed by atoms with Gasteiger partial charge in [-0.1, -0.05) is 97.3 Å². The molecule has 0 unspecified atom stereocenters. The van der Waals surface area contributed by atoms with Crippen LogP contribution in [0.1, 0.15) is 110 Å². The minimum Gasteiger partial charge on any atom is -0.393 e. The van der Waals surface area contributed by atoms with Crippen molar-refractivity contribution < 1.29 is 5.11 Å². The van der Waals surface area contributed by atoms with Gasteiger partial charge in [-0.2, -0.15) is 0 Å². The molecule has 0 rings (SSSR count). The summed E-state index contributed by atoms with van der Waals surface area (Å²) in [6, 6.07) is 0. The second-order valence-corrected chi connectivity index (χ2v) is 6.12. The first-order chi connectivity index (χ1) is 9.31. The van der Waals surface area contributed by atoms with Crippen LogP contribution in [0.25, 0.3) is 0 Å². The van der Waals surface area contributed by atoms with Crippen molar-refractivity contribution in [1.29, 1.82) is 0 Å². The standard InChI is InChI=1S/C18H38O/c1-3-5-7-9-11-13-15-17-18(19)16-14-12-10-8-6-4-2/h18-19H,3-17H2,1-2H3/t18-/m0/s1. The summed E-state index contributed by atoms with van der Waals surface area (Å²) in [6.45, 7) is 4.52. The molecule has 0 saturated carbocycles. The Bertz CT molecular complexity index is 156. The zero-order valence-corrected chi connectivity index (χ0v) is 13.6. The van der Waals surface area contributed by atoms with E-state index in [0.29, 0.717) is 0 Å². The Kier molecular flexibility index (Phi) is 16.0. The third-order valence-corrected chi connectivity index (χ3v) is 4.03. The summed E-state index contributed by atoms with van der Waals surface area (Å²) in [5, 5.41) is 9.89. The van der Waals surface area contributed by atoms with Crippen molar-refractivity contribution in [1.82, 2.24) is 0 Å². The molecule has 0 aromatic rings. The lowest BCUT2D eigenvalue weighted by atomic mass is 10.0. The van der Waals surface area contributed by atoms with E-state index >= 15 is 0 Å². The summed E-state index contributed by atoms with van der Waals surface area (Å²) in [6.07, 6.45) is 19.4. The van der Waals surface area contributed by atoms with Gasteiger partial charge in [0.05, 0.1) is 6.10 Å². The fraction of sp³-hybridized carbons (Fsp3) is 1.00. The molecule has 0 aliphatic heterocycles. The van der Waals surface area contributed by atoms with Crippen molar-refractivity contribution in [2.75, 3.05) is 0 Å². The highest BCUT2D eigenvalue weighted by atomic mass is 16.3. The molecule has 19 heavy (non-hydrogen) atoms. The van der Waals surface area contributed by atoms with E-state index in [4.69, 9.17) is 0 Å². The molecule has 1 N–H and O–H groups in total. The molecular weight excluding hydrogens is 232 g/mol. The second-order valence-electron chi connectivity index (χ2n) is 6.12. The van der Waals surface area contributed by atoms with E-state index in [2.05, 4.69) is 13.8 Å². The summed E-state index contributed by atoms with van der Waals surface area (Å²) >= 11 is 0. The van der Waals surface area contributed by atoms with Gasteiger partial charge in [0.2, 0.25) is 0 Å². The minimum absolute atomic E-state index is 0.0261. The maximum absolute atomic E-state index is 9.89. The Balaban J connectivity index is 3.10. The number of aliphatic hydroxyl groups is 1. The van der Waals surface area contributed by atoms with Gasteiger partial charge in [0.15, 0.2) is 0 Å².